The Hall–Kier alpha value is -0.490. The highest BCUT2D eigenvalue weighted by Gasteiger charge is 2.63. The van der Waals surface area contributed by atoms with Crippen LogP contribution >= 0.6 is 0 Å². The summed E-state index contributed by atoms with van der Waals surface area (Å²) in [6.45, 7) is 12.9. The molecule has 0 spiro atoms. The first-order valence-electron chi connectivity index (χ1n) is 13.6. The van der Waals surface area contributed by atoms with E-state index in [4.69, 9.17) is 0 Å². The van der Waals surface area contributed by atoms with E-state index in [0.29, 0.717) is 48.9 Å². The zero-order chi connectivity index (χ0) is 24.5. The highest BCUT2D eigenvalue weighted by Crippen LogP contribution is 2.67. The fourth-order valence-corrected chi connectivity index (χ4v) is 9.23. The normalized spacial score (nSPS) is 49.1. The third-order valence-corrected chi connectivity index (χ3v) is 11.7. The zero-order valence-corrected chi connectivity index (χ0v) is 21.6. The number of carbonyl (C=O) groups excluding carboxylic acids is 1. The molecule has 0 saturated heterocycles. The van der Waals surface area contributed by atoms with Crippen LogP contribution in [0.5, 0.6) is 0 Å². The van der Waals surface area contributed by atoms with E-state index < -0.39 is 24.4 Å². The molecule has 33 heavy (non-hydrogen) atoms. The maximum Gasteiger partial charge on any atom is 0.136 e. The van der Waals surface area contributed by atoms with E-state index in [1.54, 1.807) is 0 Å². The Kier molecular flexibility index (Phi) is 6.88. The van der Waals surface area contributed by atoms with Gasteiger partial charge in [0.15, 0.2) is 0 Å². The highest BCUT2D eigenvalue weighted by atomic mass is 16.3. The molecule has 4 rings (SSSR count). The van der Waals surface area contributed by atoms with Crippen molar-refractivity contribution in [3.05, 3.63) is 0 Å². The molecule has 0 radical (unpaired) electrons. The molecular weight excluding hydrogens is 416 g/mol. The number of hydrogen-bond acceptors (Lipinski definition) is 5. The molecule has 13 atom stereocenters. The first kappa shape index (κ1) is 25.6. The summed E-state index contributed by atoms with van der Waals surface area (Å²) in [6, 6.07) is 0. The van der Waals surface area contributed by atoms with Crippen molar-refractivity contribution in [3.63, 3.8) is 0 Å². The van der Waals surface area contributed by atoms with Crippen LogP contribution in [-0.4, -0.2) is 50.6 Å². The van der Waals surface area contributed by atoms with E-state index in [9.17, 15) is 25.2 Å². The van der Waals surface area contributed by atoms with Crippen molar-refractivity contribution in [2.24, 2.45) is 58.2 Å². The van der Waals surface area contributed by atoms with Gasteiger partial charge in [0.2, 0.25) is 0 Å². The van der Waals surface area contributed by atoms with Gasteiger partial charge in [-0.15, -0.1) is 0 Å². The van der Waals surface area contributed by atoms with Crippen molar-refractivity contribution in [2.45, 2.75) is 111 Å². The minimum Gasteiger partial charge on any atom is -0.390 e. The van der Waals surface area contributed by atoms with Gasteiger partial charge in [0.25, 0.3) is 0 Å². The lowest BCUT2D eigenvalue weighted by Crippen LogP contribution is -2.59. The number of rotatable bonds is 5. The summed E-state index contributed by atoms with van der Waals surface area (Å²) in [4.78, 5) is 13.3. The smallest absolute Gasteiger partial charge is 0.136 e. The lowest BCUT2D eigenvalue weighted by molar-refractivity contribution is -0.175. The molecule has 4 aliphatic carbocycles. The Labute approximate surface area is 200 Å². The second kappa shape index (κ2) is 8.87. The second-order valence-corrected chi connectivity index (χ2v) is 13.4. The summed E-state index contributed by atoms with van der Waals surface area (Å²) in [5, 5.41) is 42.8. The fraction of sp³-hybridized carbons (Fsp3) is 0.964. The molecule has 0 aliphatic heterocycles. The Balaban J connectivity index is 1.56. The van der Waals surface area contributed by atoms with Crippen molar-refractivity contribution in [1.82, 2.24) is 0 Å². The molecule has 0 heterocycles. The number of aliphatic hydroxyl groups excluding tert-OH is 4. The van der Waals surface area contributed by atoms with E-state index >= 15 is 0 Å². The maximum atomic E-state index is 13.3. The van der Waals surface area contributed by atoms with E-state index in [1.165, 1.54) is 0 Å². The standard InChI is InChI=1S/C28H48O5/c1-14(2)15(3)25(32)26(33)16(4)18-7-8-19-17-11-22(29)21-12-23(30)24(31)13-28(21,6)20(17)9-10-27(18,19)5/h14-21,23-26,30-33H,7-13H2,1-6H3/t15?,16-,17-,18+,19-,20-,21+,23-,24+,25+,26+,27+,28+/m0/s1. The van der Waals surface area contributed by atoms with Gasteiger partial charge in [0.05, 0.1) is 24.4 Å². The molecule has 0 amide bonds. The number of fused-ring (bicyclic) bond motifs is 5. The van der Waals surface area contributed by atoms with E-state index in [1.807, 2.05) is 6.92 Å². The minimum atomic E-state index is -0.782. The number of hydrogen-bond donors (Lipinski definition) is 4. The third kappa shape index (κ3) is 3.93. The van der Waals surface area contributed by atoms with Gasteiger partial charge >= 0.3 is 0 Å². The maximum absolute atomic E-state index is 13.3. The summed E-state index contributed by atoms with van der Waals surface area (Å²) < 4.78 is 0. The van der Waals surface area contributed by atoms with Gasteiger partial charge in [0, 0.05) is 12.3 Å². The van der Waals surface area contributed by atoms with Gasteiger partial charge in [0.1, 0.15) is 5.78 Å². The van der Waals surface area contributed by atoms with Gasteiger partial charge in [-0.1, -0.05) is 41.5 Å². The lowest BCUT2D eigenvalue weighted by Gasteiger charge is -2.61. The van der Waals surface area contributed by atoms with Crippen LogP contribution in [0.25, 0.3) is 0 Å². The topological polar surface area (TPSA) is 98.0 Å². The molecule has 0 aromatic rings. The van der Waals surface area contributed by atoms with Crippen LogP contribution in [0.15, 0.2) is 0 Å². The predicted molar refractivity (Wildman–Crippen MR) is 128 cm³/mol. The predicted octanol–water partition coefficient (Wildman–Crippen LogP) is 3.81. The first-order valence-corrected chi connectivity index (χ1v) is 13.6. The molecule has 4 N–H and O–H groups in total. The Bertz CT molecular complexity index is 738. The number of ketones is 1. The molecule has 4 saturated carbocycles. The van der Waals surface area contributed by atoms with Crippen LogP contribution in [0.4, 0.5) is 0 Å². The van der Waals surface area contributed by atoms with Crippen molar-refractivity contribution >= 4 is 5.78 Å². The lowest BCUT2D eigenvalue weighted by atomic mass is 9.44. The summed E-state index contributed by atoms with van der Waals surface area (Å²) in [5.41, 5.74) is -0.162. The monoisotopic (exact) mass is 464 g/mol. The average Bonchev–Trinajstić information content (AvgIpc) is 3.10. The SMILES string of the molecule is CC(C)C(C)[C@@H](O)[C@H](O)[C@@H](C)[C@H]1CC[C@H]2[C@@H]3CC(=O)[C@H]4C[C@H](O)[C@H](O)C[C@]4(C)[C@H]3CC[C@]12C. The van der Waals surface area contributed by atoms with Gasteiger partial charge in [-0.2, -0.15) is 0 Å². The van der Waals surface area contributed by atoms with Crippen LogP contribution < -0.4 is 0 Å². The third-order valence-electron chi connectivity index (χ3n) is 11.7. The average molecular weight is 465 g/mol. The molecule has 5 heteroatoms. The molecule has 0 aromatic heterocycles. The summed E-state index contributed by atoms with van der Waals surface area (Å²) >= 11 is 0. The Morgan fingerprint density at radius 3 is 2.15 bits per heavy atom. The first-order chi connectivity index (χ1) is 15.3. The molecule has 190 valence electrons. The van der Waals surface area contributed by atoms with Gasteiger partial charge in [-0.05, 0) is 90.8 Å². The van der Waals surface area contributed by atoms with Crippen molar-refractivity contribution in [3.8, 4) is 0 Å². The minimum absolute atomic E-state index is 0.0158. The summed E-state index contributed by atoms with van der Waals surface area (Å²) in [5.74, 6) is 2.05. The Morgan fingerprint density at radius 2 is 1.52 bits per heavy atom. The van der Waals surface area contributed by atoms with Crippen molar-refractivity contribution in [1.29, 1.82) is 0 Å². The summed E-state index contributed by atoms with van der Waals surface area (Å²) in [7, 11) is 0. The van der Waals surface area contributed by atoms with E-state index in [-0.39, 0.29) is 34.4 Å². The van der Waals surface area contributed by atoms with Crippen LogP contribution in [0.1, 0.15) is 86.5 Å². The van der Waals surface area contributed by atoms with Crippen LogP contribution in [-0.2, 0) is 4.79 Å². The number of aliphatic hydroxyl groups is 4. The quantitative estimate of drug-likeness (QED) is 0.496. The van der Waals surface area contributed by atoms with E-state index in [2.05, 4.69) is 34.6 Å². The molecule has 5 nitrogen and oxygen atoms in total. The largest absolute Gasteiger partial charge is 0.390 e. The van der Waals surface area contributed by atoms with Crippen LogP contribution in [0.3, 0.4) is 0 Å². The zero-order valence-electron chi connectivity index (χ0n) is 21.6. The van der Waals surface area contributed by atoms with Gasteiger partial charge < -0.3 is 20.4 Å². The van der Waals surface area contributed by atoms with Crippen molar-refractivity contribution in [2.75, 3.05) is 0 Å². The van der Waals surface area contributed by atoms with Gasteiger partial charge in [-0.3, -0.25) is 4.79 Å². The molecule has 1 unspecified atom stereocenters. The van der Waals surface area contributed by atoms with Gasteiger partial charge in [-0.25, -0.2) is 0 Å². The summed E-state index contributed by atoms with van der Waals surface area (Å²) in [6.07, 6.45) is 2.80. The second-order valence-electron chi connectivity index (χ2n) is 13.4. The molecular formula is C28H48O5. The van der Waals surface area contributed by atoms with Crippen molar-refractivity contribution < 1.29 is 25.2 Å². The van der Waals surface area contributed by atoms with Crippen LogP contribution in [0, 0.1) is 58.2 Å². The molecule has 0 aromatic carbocycles. The molecule has 4 fully saturated rings. The number of Topliss-reactive ketones (excluding diaryl/α,β-unsaturated/α-hetero) is 1. The number of carbonyl (C=O) groups is 1. The van der Waals surface area contributed by atoms with E-state index in [0.717, 1.165) is 25.7 Å². The Morgan fingerprint density at radius 1 is 0.879 bits per heavy atom. The fourth-order valence-electron chi connectivity index (χ4n) is 9.23. The highest BCUT2D eigenvalue weighted by molar-refractivity contribution is 5.83. The van der Waals surface area contributed by atoms with Crippen LogP contribution in [0.2, 0.25) is 0 Å². The molecule has 4 aliphatic rings. The molecule has 0 bridgehead atoms.